The number of nitrogens with one attached hydrogen (secondary N) is 2. The number of rotatable bonds is 5. The summed E-state index contributed by atoms with van der Waals surface area (Å²) in [6.07, 6.45) is 1.11. The zero-order valence-electron chi connectivity index (χ0n) is 10.9. The Hall–Kier alpha value is -1.63. The van der Waals surface area contributed by atoms with Crippen LogP contribution in [-0.4, -0.2) is 47.4 Å². The van der Waals surface area contributed by atoms with Crippen LogP contribution < -0.4 is 15.4 Å². The van der Waals surface area contributed by atoms with Crippen LogP contribution in [0.25, 0.3) is 0 Å². The highest BCUT2D eigenvalue weighted by Crippen LogP contribution is 2.18. The molecule has 7 heteroatoms. The van der Waals surface area contributed by atoms with E-state index in [1.807, 2.05) is 13.8 Å². The fourth-order valence-corrected chi connectivity index (χ4v) is 1.84. The molecule has 2 atom stereocenters. The van der Waals surface area contributed by atoms with E-state index in [0.29, 0.717) is 17.9 Å². The summed E-state index contributed by atoms with van der Waals surface area (Å²) in [7, 11) is 1.54. The van der Waals surface area contributed by atoms with Crippen molar-refractivity contribution in [1.29, 1.82) is 0 Å². The van der Waals surface area contributed by atoms with Crippen molar-refractivity contribution in [2.24, 2.45) is 0 Å². The molecule has 0 saturated carbocycles. The number of hydrogen-bond acceptors (Lipinski definition) is 7. The second-order valence-corrected chi connectivity index (χ2v) is 4.12. The third-order valence-corrected chi connectivity index (χ3v) is 2.82. The van der Waals surface area contributed by atoms with Gasteiger partial charge in [-0.15, -0.1) is 0 Å². The highest BCUT2D eigenvalue weighted by atomic mass is 16.5. The average molecular weight is 253 g/mol. The number of aromatic nitrogens is 3. The van der Waals surface area contributed by atoms with Gasteiger partial charge in [-0.1, -0.05) is 0 Å². The molecule has 0 aliphatic carbocycles. The molecule has 0 radical (unpaired) electrons. The predicted octanol–water partition coefficient (Wildman–Crippen LogP) is 0.901. The zero-order chi connectivity index (χ0) is 13.0. The monoisotopic (exact) mass is 253 g/mol. The molecule has 1 aromatic heterocycles. The van der Waals surface area contributed by atoms with Crippen LogP contribution in [0.15, 0.2) is 0 Å². The molecule has 100 valence electrons. The number of nitrogens with zero attached hydrogens (tertiary/aromatic N) is 3. The van der Waals surface area contributed by atoms with E-state index in [2.05, 4.69) is 25.6 Å². The molecule has 1 saturated heterocycles. The minimum absolute atomic E-state index is 0.162. The summed E-state index contributed by atoms with van der Waals surface area (Å²) < 4.78 is 10.6. The van der Waals surface area contributed by atoms with Crippen molar-refractivity contribution in [3.8, 4) is 6.01 Å². The highest BCUT2D eigenvalue weighted by molar-refractivity contribution is 5.36. The lowest BCUT2D eigenvalue weighted by Crippen LogP contribution is -2.28. The SMILES string of the molecule is CCNc1nc(NC2CCOC2C)nc(OC)n1. The van der Waals surface area contributed by atoms with Gasteiger partial charge in [-0.05, 0) is 20.3 Å². The van der Waals surface area contributed by atoms with Crippen molar-refractivity contribution < 1.29 is 9.47 Å². The van der Waals surface area contributed by atoms with E-state index in [9.17, 15) is 0 Å². The largest absolute Gasteiger partial charge is 0.467 e. The van der Waals surface area contributed by atoms with Gasteiger partial charge in [0.1, 0.15) is 0 Å². The molecular weight excluding hydrogens is 234 g/mol. The van der Waals surface area contributed by atoms with Crippen molar-refractivity contribution >= 4 is 11.9 Å². The van der Waals surface area contributed by atoms with Crippen LogP contribution in [-0.2, 0) is 4.74 Å². The van der Waals surface area contributed by atoms with Crippen LogP contribution in [0.2, 0.25) is 0 Å². The van der Waals surface area contributed by atoms with Crippen LogP contribution in [0.5, 0.6) is 6.01 Å². The number of hydrogen-bond donors (Lipinski definition) is 2. The first-order valence-electron chi connectivity index (χ1n) is 6.15. The predicted molar refractivity (Wildman–Crippen MR) is 68.0 cm³/mol. The van der Waals surface area contributed by atoms with Gasteiger partial charge in [0.05, 0.1) is 19.3 Å². The fourth-order valence-electron chi connectivity index (χ4n) is 1.84. The van der Waals surface area contributed by atoms with Crippen LogP contribution in [0.1, 0.15) is 20.3 Å². The average Bonchev–Trinajstić information content (AvgIpc) is 2.75. The van der Waals surface area contributed by atoms with E-state index in [4.69, 9.17) is 9.47 Å². The first kappa shape index (κ1) is 12.8. The van der Waals surface area contributed by atoms with Crippen molar-refractivity contribution in [3.05, 3.63) is 0 Å². The van der Waals surface area contributed by atoms with Crippen LogP contribution in [0, 0.1) is 0 Å². The summed E-state index contributed by atoms with van der Waals surface area (Å²) in [6.45, 7) is 5.53. The van der Waals surface area contributed by atoms with Gasteiger partial charge in [0.25, 0.3) is 0 Å². The minimum Gasteiger partial charge on any atom is -0.467 e. The van der Waals surface area contributed by atoms with Crippen molar-refractivity contribution in [3.63, 3.8) is 0 Å². The van der Waals surface area contributed by atoms with E-state index in [1.165, 1.54) is 7.11 Å². The molecule has 1 aromatic rings. The van der Waals surface area contributed by atoms with Gasteiger partial charge in [0.15, 0.2) is 0 Å². The standard InChI is InChI=1S/C11H19N5O2/c1-4-12-9-14-10(16-11(15-9)17-3)13-8-5-6-18-7(8)2/h7-8H,4-6H2,1-3H3,(H2,12,13,14,15,16). The van der Waals surface area contributed by atoms with Gasteiger partial charge in [0, 0.05) is 13.2 Å². The van der Waals surface area contributed by atoms with Crippen LogP contribution in [0.3, 0.4) is 0 Å². The van der Waals surface area contributed by atoms with E-state index in [0.717, 1.165) is 19.6 Å². The summed E-state index contributed by atoms with van der Waals surface area (Å²) >= 11 is 0. The van der Waals surface area contributed by atoms with Gasteiger partial charge in [-0.2, -0.15) is 15.0 Å². The van der Waals surface area contributed by atoms with Gasteiger partial charge < -0.3 is 20.1 Å². The molecule has 0 bridgehead atoms. The first-order valence-corrected chi connectivity index (χ1v) is 6.15. The lowest BCUT2D eigenvalue weighted by molar-refractivity contribution is 0.121. The summed E-state index contributed by atoms with van der Waals surface area (Å²) in [5.41, 5.74) is 0. The van der Waals surface area contributed by atoms with E-state index < -0.39 is 0 Å². The van der Waals surface area contributed by atoms with Crippen LogP contribution >= 0.6 is 0 Å². The molecule has 0 aromatic carbocycles. The maximum absolute atomic E-state index is 5.49. The molecule has 2 N–H and O–H groups in total. The molecular formula is C11H19N5O2. The molecule has 18 heavy (non-hydrogen) atoms. The second kappa shape index (κ2) is 5.81. The highest BCUT2D eigenvalue weighted by Gasteiger charge is 2.25. The van der Waals surface area contributed by atoms with Crippen molar-refractivity contribution in [2.45, 2.75) is 32.4 Å². The number of ether oxygens (including phenoxy) is 2. The van der Waals surface area contributed by atoms with Gasteiger partial charge >= 0.3 is 6.01 Å². The lowest BCUT2D eigenvalue weighted by Gasteiger charge is -2.16. The Morgan fingerprint density at radius 3 is 2.72 bits per heavy atom. The Morgan fingerprint density at radius 1 is 1.33 bits per heavy atom. The summed E-state index contributed by atoms with van der Waals surface area (Å²) in [4.78, 5) is 12.6. The molecule has 7 nitrogen and oxygen atoms in total. The Labute approximate surface area is 106 Å². The third-order valence-electron chi connectivity index (χ3n) is 2.82. The minimum atomic E-state index is 0.162. The van der Waals surface area contributed by atoms with Gasteiger partial charge in [0.2, 0.25) is 11.9 Å². The number of anilines is 2. The molecule has 0 spiro atoms. The lowest BCUT2D eigenvalue weighted by atomic mass is 10.2. The Balaban J connectivity index is 2.12. The zero-order valence-corrected chi connectivity index (χ0v) is 10.9. The smallest absolute Gasteiger partial charge is 0.322 e. The molecule has 2 heterocycles. The van der Waals surface area contributed by atoms with E-state index >= 15 is 0 Å². The summed E-state index contributed by atoms with van der Waals surface area (Å²) in [5, 5.41) is 6.30. The quantitative estimate of drug-likeness (QED) is 0.806. The Kier molecular flexibility index (Phi) is 4.14. The maximum atomic E-state index is 5.49. The molecule has 1 aliphatic rings. The normalized spacial score (nSPS) is 22.8. The Morgan fingerprint density at radius 2 is 2.11 bits per heavy atom. The topological polar surface area (TPSA) is 81.2 Å². The molecule has 1 fully saturated rings. The summed E-state index contributed by atoms with van der Waals surface area (Å²) in [5.74, 6) is 1.03. The third kappa shape index (κ3) is 2.98. The first-order chi connectivity index (χ1) is 8.72. The summed E-state index contributed by atoms with van der Waals surface area (Å²) in [6, 6.07) is 0.529. The van der Waals surface area contributed by atoms with Gasteiger partial charge in [-0.25, -0.2) is 0 Å². The van der Waals surface area contributed by atoms with Crippen molar-refractivity contribution in [1.82, 2.24) is 15.0 Å². The van der Waals surface area contributed by atoms with E-state index in [1.54, 1.807) is 0 Å². The van der Waals surface area contributed by atoms with Gasteiger partial charge in [-0.3, -0.25) is 0 Å². The fraction of sp³-hybridized carbons (Fsp3) is 0.727. The van der Waals surface area contributed by atoms with Crippen LogP contribution in [0.4, 0.5) is 11.9 Å². The van der Waals surface area contributed by atoms with Crippen molar-refractivity contribution in [2.75, 3.05) is 30.9 Å². The molecule has 2 unspecified atom stereocenters. The van der Waals surface area contributed by atoms with E-state index in [-0.39, 0.29) is 12.1 Å². The molecule has 0 amide bonds. The molecule has 1 aliphatic heterocycles. The Bertz CT molecular complexity index is 401. The second-order valence-electron chi connectivity index (χ2n) is 4.12. The maximum Gasteiger partial charge on any atom is 0.322 e. The molecule has 2 rings (SSSR count). The number of methoxy groups -OCH3 is 1.